The molecule has 1 aliphatic rings. The maximum Gasteiger partial charge on any atom is 0.265 e. The molecule has 2 aromatic carbocycles. The summed E-state index contributed by atoms with van der Waals surface area (Å²) in [5.41, 5.74) is 1.48. The zero-order valence-corrected chi connectivity index (χ0v) is 16.5. The Balaban J connectivity index is 1.45. The van der Waals surface area contributed by atoms with Crippen molar-refractivity contribution in [2.75, 3.05) is 11.1 Å². The molecule has 0 unspecified atom stereocenters. The van der Waals surface area contributed by atoms with Crippen molar-refractivity contribution in [1.29, 1.82) is 0 Å². The van der Waals surface area contributed by atoms with Gasteiger partial charge in [0.15, 0.2) is 10.8 Å². The van der Waals surface area contributed by atoms with E-state index in [4.69, 9.17) is 0 Å². The number of carbonyl (C=O) groups excluding carboxylic acids is 1. The summed E-state index contributed by atoms with van der Waals surface area (Å²) in [7, 11) is 0. The van der Waals surface area contributed by atoms with Crippen molar-refractivity contribution in [3.05, 3.63) is 77.0 Å². The van der Waals surface area contributed by atoms with Crippen molar-refractivity contribution in [3.8, 4) is 5.69 Å². The highest BCUT2D eigenvalue weighted by molar-refractivity contribution is 7.99. The third-order valence-electron chi connectivity index (χ3n) is 4.90. The Morgan fingerprint density at radius 2 is 2.03 bits per heavy atom. The smallest absolute Gasteiger partial charge is 0.265 e. The van der Waals surface area contributed by atoms with Gasteiger partial charge in [-0.3, -0.25) is 14.2 Å². The Bertz CT molecular complexity index is 1320. The molecular weight excluding hydrogens is 405 g/mol. The molecule has 0 bridgehead atoms. The zero-order chi connectivity index (χ0) is 20.7. The summed E-state index contributed by atoms with van der Waals surface area (Å²) >= 11 is 1.43. The summed E-state index contributed by atoms with van der Waals surface area (Å²) in [6, 6.07) is 14.9. The Kier molecular flexibility index (Phi) is 4.59. The number of anilines is 1. The molecule has 0 spiro atoms. The third kappa shape index (κ3) is 3.26. The lowest BCUT2D eigenvalue weighted by molar-refractivity contribution is -0.116. The second-order valence-electron chi connectivity index (χ2n) is 6.93. The second-order valence-corrected chi connectivity index (χ2v) is 7.91. The first-order chi connectivity index (χ1) is 14.6. The minimum atomic E-state index is -0.423. The number of fused-ring (bicyclic) bond motifs is 2. The molecule has 9 heteroatoms. The number of nitrogens with zero attached hydrogens (tertiary/aromatic N) is 4. The molecule has 0 radical (unpaired) electrons. The molecule has 3 heterocycles. The summed E-state index contributed by atoms with van der Waals surface area (Å²) in [6.45, 7) is 0. The van der Waals surface area contributed by atoms with E-state index >= 15 is 0 Å². The van der Waals surface area contributed by atoms with Gasteiger partial charge in [0.05, 0.1) is 17.9 Å². The van der Waals surface area contributed by atoms with E-state index in [9.17, 15) is 14.0 Å². The van der Waals surface area contributed by atoms with Crippen molar-refractivity contribution in [2.45, 2.75) is 17.6 Å². The van der Waals surface area contributed by atoms with E-state index < -0.39 is 5.82 Å². The number of benzene rings is 2. The molecule has 0 fully saturated rings. The summed E-state index contributed by atoms with van der Waals surface area (Å²) in [5.74, 6) is -0.150. The van der Waals surface area contributed by atoms with Crippen LogP contribution in [0.25, 0.3) is 16.7 Å². The summed E-state index contributed by atoms with van der Waals surface area (Å²) in [4.78, 5) is 30.2. The SMILES string of the molecule is O=C(C[C@H]1CSc2nc3c(cnn3-c3ccccc3)c(=O)n21)Nc1cccc(F)c1. The van der Waals surface area contributed by atoms with Crippen molar-refractivity contribution >= 4 is 34.4 Å². The average molecular weight is 421 g/mol. The van der Waals surface area contributed by atoms with Crippen LogP contribution < -0.4 is 10.9 Å². The van der Waals surface area contributed by atoms with E-state index in [1.165, 1.54) is 36.2 Å². The molecule has 30 heavy (non-hydrogen) atoms. The van der Waals surface area contributed by atoms with Gasteiger partial charge in [0.2, 0.25) is 5.91 Å². The van der Waals surface area contributed by atoms with Gasteiger partial charge in [0, 0.05) is 17.9 Å². The van der Waals surface area contributed by atoms with E-state index in [0.29, 0.717) is 27.6 Å². The number of rotatable bonds is 4. The Morgan fingerprint density at radius 3 is 2.83 bits per heavy atom. The van der Waals surface area contributed by atoms with Crippen LogP contribution in [0.15, 0.2) is 70.7 Å². The third-order valence-corrected chi connectivity index (χ3v) is 6.00. The molecule has 0 saturated heterocycles. The van der Waals surface area contributed by atoms with Gasteiger partial charge in [-0.2, -0.15) is 5.10 Å². The average Bonchev–Trinajstić information content (AvgIpc) is 3.34. The number of halogens is 1. The molecule has 0 aliphatic carbocycles. The monoisotopic (exact) mass is 421 g/mol. The fourth-order valence-corrected chi connectivity index (χ4v) is 4.66. The maximum atomic E-state index is 13.3. The van der Waals surface area contributed by atoms with Crippen LogP contribution in [0.4, 0.5) is 10.1 Å². The lowest BCUT2D eigenvalue weighted by Gasteiger charge is -2.13. The number of para-hydroxylation sites is 1. The Labute approximate surface area is 174 Å². The highest BCUT2D eigenvalue weighted by Crippen LogP contribution is 2.33. The van der Waals surface area contributed by atoms with Crippen LogP contribution in [0.3, 0.4) is 0 Å². The normalized spacial score (nSPS) is 15.3. The standard InChI is InChI=1S/C21H16FN5O2S/c22-13-5-4-6-14(9-13)24-18(28)10-16-12-30-21-25-19-17(20(29)26(16)21)11-23-27(19)15-7-2-1-3-8-15/h1-9,11,16H,10,12H2,(H,24,28)/t16-/m0/s1. The number of amides is 1. The van der Waals surface area contributed by atoms with Crippen LogP contribution in [-0.2, 0) is 4.79 Å². The quantitative estimate of drug-likeness (QED) is 0.511. The van der Waals surface area contributed by atoms with Crippen LogP contribution in [-0.4, -0.2) is 31.0 Å². The largest absolute Gasteiger partial charge is 0.326 e. The van der Waals surface area contributed by atoms with Gasteiger partial charge in [-0.25, -0.2) is 14.1 Å². The van der Waals surface area contributed by atoms with E-state index in [1.54, 1.807) is 15.3 Å². The number of carbonyl (C=O) groups is 1. The number of hydrogen-bond acceptors (Lipinski definition) is 5. The molecule has 0 saturated carbocycles. The first kappa shape index (κ1) is 18.6. The molecule has 5 rings (SSSR count). The van der Waals surface area contributed by atoms with E-state index in [2.05, 4.69) is 15.4 Å². The number of thioether (sulfide) groups is 1. The van der Waals surface area contributed by atoms with Crippen LogP contribution in [0.1, 0.15) is 12.5 Å². The van der Waals surface area contributed by atoms with Gasteiger partial charge in [0.1, 0.15) is 11.2 Å². The van der Waals surface area contributed by atoms with Gasteiger partial charge in [-0.05, 0) is 30.3 Å². The molecule has 1 N–H and O–H groups in total. The maximum absolute atomic E-state index is 13.3. The highest BCUT2D eigenvalue weighted by atomic mass is 32.2. The number of nitrogens with one attached hydrogen (secondary N) is 1. The Morgan fingerprint density at radius 1 is 1.20 bits per heavy atom. The van der Waals surface area contributed by atoms with E-state index in [0.717, 1.165) is 5.69 Å². The number of hydrogen-bond donors (Lipinski definition) is 1. The van der Waals surface area contributed by atoms with Gasteiger partial charge in [-0.15, -0.1) is 0 Å². The van der Waals surface area contributed by atoms with Crippen LogP contribution >= 0.6 is 11.8 Å². The predicted octanol–water partition coefficient (Wildman–Crippen LogP) is 3.40. The molecule has 7 nitrogen and oxygen atoms in total. The van der Waals surface area contributed by atoms with Gasteiger partial charge < -0.3 is 5.32 Å². The van der Waals surface area contributed by atoms with Crippen LogP contribution in [0.5, 0.6) is 0 Å². The lowest BCUT2D eigenvalue weighted by Crippen LogP contribution is -2.27. The van der Waals surface area contributed by atoms with Gasteiger partial charge >= 0.3 is 0 Å². The van der Waals surface area contributed by atoms with Crippen LogP contribution in [0, 0.1) is 5.82 Å². The fraction of sp³-hybridized carbons (Fsp3) is 0.143. The minimum absolute atomic E-state index is 0.0937. The Hall–Kier alpha value is -3.46. The predicted molar refractivity (Wildman–Crippen MR) is 113 cm³/mol. The molecular formula is C21H16FN5O2S. The summed E-state index contributed by atoms with van der Waals surface area (Å²) in [5, 5.41) is 7.98. The van der Waals surface area contributed by atoms with Crippen molar-refractivity contribution in [1.82, 2.24) is 19.3 Å². The first-order valence-electron chi connectivity index (χ1n) is 9.34. The molecule has 1 aliphatic heterocycles. The second kappa shape index (κ2) is 7.42. The summed E-state index contributed by atoms with van der Waals surface area (Å²) < 4.78 is 16.5. The lowest BCUT2D eigenvalue weighted by atomic mass is 10.2. The summed E-state index contributed by atoms with van der Waals surface area (Å²) in [6.07, 6.45) is 1.61. The fourth-order valence-electron chi connectivity index (χ4n) is 3.53. The molecule has 1 atom stereocenters. The van der Waals surface area contributed by atoms with Gasteiger partial charge in [-0.1, -0.05) is 36.0 Å². The topological polar surface area (TPSA) is 81.8 Å². The van der Waals surface area contributed by atoms with Crippen molar-refractivity contribution < 1.29 is 9.18 Å². The van der Waals surface area contributed by atoms with E-state index in [1.807, 2.05) is 30.3 Å². The minimum Gasteiger partial charge on any atom is -0.326 e. The van der Waals surface area contributed by atoms with E-state index in [-0.39, 0.29) is 23.9 Å². The highest BCUT2D eigenvalue weighted by Gasteiger charge is 2.29. The van der Waals surface area contributed by atoms with Crippen molar-refractivity contribution in [3.63, 3.8) is 0 Å². The van der Waals surface area contributed by atoms with Crippen LogP contribution in [0.2, 0.25) is 0 Å². The molecule has 2 aromatic heterocycles. The molecule has 150 valence electrons. The molecule has 4 aromatic rings. The molecule has 1 amide bonds. The zero-order valence-electron chi connectivity index (χ0n) is 15.7. The first-order valence-corrected chi connectivity index (χ1v) is 10.3. The van der Waals surface area contributed by atoms with Crippen molar-refractivity contribution in [2.24, 2.45) is 0 Å². The number of aromatic nitrogens is 4. The van der Waals surface area contributed by atoms with Gasteiger partial charge in [0.25, 0.3) is 5.56 Å².